The highest BCUT2D eigenvalue weighted by molar-refractivity contribution is 5.82. The molecule has 0 aliphatic heterocycles. The molecule has 2 heterocycles. The van der Waals surface area contributed by atoms with Crippen LogP contribution in [0.1, 0.15) is 22.9 Å². The second-order valence-corrected chi connectivity index (χ2v) is 4.95. The molecule has 0 saturated heterocycles. The predicted octanol–water partition coefficient (Wildman–Crippen LogP) is 2.37. The Hall–Kier alpha value is -2.40. The number of fused-ring (bicyclic) bond motifs is 1. The molecule has 0 aliphatic carbocycles. The zero-order valence-electron chi connectivity index (χ0n) is 12.2. The third-order valence-corrected chi connectivity index (χ3v) is 3.65. The fraction of sp³-hybridized carbons (Fsp3) is 0.250. The Bertz CT molecular complexity index is 790. The molecule has 0 bridgehead atoms. The number of aryl methyl sites for hydroxylation is 2. The van der Waals surface area contributed by atoms with Gasteiger partial charge in [0.15, 0.2) is 0 Å². The molecule has 5 heteroatoms. The molecule has 108 valence electrons. The quantitative estimate of drug-likeness (QED) is 0.801. The van der Waals surface area contributed by atoms with Gasteiger partial charge in [-0.2, -0.15) is 5.10 Å². The summed E-state index contributed by atoms with van der Waals surface area (Å²) in [7, 11) is 3.38. The first kappa shape index (κ1) is 13.6. The number of ether oxygens (including phenoxy) is 1. The summed E-state index contributed by atoms with van der Waals surface area (Å²) in [5.41, 5.74) is 3.10. The van der Waals surface area contributed by atoms with E-state index in [1.807, 2.05) is 37.3 Å². The first-order valence-electron chi connectivity index (χ1n) is 6.72. The monoisotopic (exact) mass is 283 g/mol. The van der Waals surface area contributed by atoms with Gasteiger partial charge in [-0.05, 0) is 24.6 Å². The highest BCUT2D eigenvalue weighted by Crippen LogP contribution is 2.34. The average Bonchev–Trinajstić information content (AvgIpc) is 2.79. The maximum atomic E-state index is 10.8. The third-order valence-electron chi connectivity index (χ3n) is 3.65. The van der Waals surface area contributed by atoms with Crippen molar-refractivity contribution in [2.45, 2.75) is 13.0 Å². The minimum absolute atomic E-state index is 0.570. The summed E-state index contributed by atoms with van der Waals surface area (Å²) in [5.74, 6) is 0.570. The van der Waals surface area contributed by atoms with Crippen molar-refractivity contribution in [1.82, 2.24) is 14.8 Å². The Morgan fingerprint density at radius 3 is 2.81 bits per heavy atom. The molecule has 21 heavy (non-hydrogen) atoms. The molecule has 1 N–H and O–H groups in total. The molecule has 1 aromatic carbocycles. The van der Waals surface area contributed by atoms with Crippen molar-refractivity contribution in [3.8, 4) is 5.88 Å². The zero-order chi connectivity index (χ0) is 15.0. The van der Waals surface area contributed by atoms with Crippen molar-refractivity contribution < 1.29 is 9.84 Å². The van der Waals surface area contributed by atoms with Crippen LogP contribution in [0.5, 0.6) is 5.88 Å². The SMILES string of the molecule is COc1c(C(O)c2cccc3ncccc23)c(C)nn1C. The van der Waals surface area contributed by atoms with E-state index in [-0.39, 0.29) is 0 Å². The molecular weight excluding hydrogens is 266 g/mol. The van der Waals surface area contributed by atoms with Crippen LogP contribution in [-0.2, 0) is 7.05 Å². The van der Waals surface area contributed by atoms with Gasteiger partial charge in [-0.3, -0.25) is 4.98 Å². The molecule has 3 aromatic rings. The summed E-state index contributed by atoms with van der Waals surface area (Å²) in [6, 6.07) is 9.55. The number of methoxy groups -OCH3 is 1. The molecule has 0 fully saturated rings. The van der Waals surface area contributed by atoms with Gasteiger partial charge in [0.05, 0.1) is 23.9 Å². The van der Waals surface area contributed by atoms with Gasteiger partial charge in [0.25, 0.3) is 0 Å². The fourth-order valence-electron chi connectivity index (χ4n) is 2.73. The number of nitrogens with zero attached hydrogens (tertiary/aromatic N) is 3. The number of hydrogen-bond acceptors (Lipinski definition) is 4. The van der Waals surface area contributed by atoms with Crippen LogP contribution in [0.15, 0.2) is 36.5 Å². The maximum absolute atomic E-state index is 10.8. The topological polar surface area (TPSA) is 60.2 Å². The van der Waals surface area contributed by atoms with Gasteiger partial charge >= 0.3 is 0 Å². The second kappa shape index (κ2) is 5.18. The normalized spacial score (nSPS) is 12.6. The largest absolute Gasteiger partial charge is 0.481 e. The van der Waals surface area contributed by atoms with Crippen molar-refractivity contribution in [3.05, 3.63) is 53.3 Å². The summed E-state index contributed by atoms with van der Waals surface area (Å²) in [5, 5.41) is 16.1. The molecule has 0 spiro atoms. The molecule has 3 rings (SSSR count). The number of aliphatic hydroxyl groups is 1. The number of aliphatic hydroxyl groups excluding tert-OH is 1. The molecule has 0 aliphatic rings. The molecule has 2 aromatic heterocycles. The van der Waals surface area contributed by atoms with Crippen LogP contribution in [0.4, 0.5) is 0 Å². The van der Waals surface area contributed by atoms with Crippen LogP contribution < -0.4 is 4.74 Å². The second-order valence-electron chi connectivity index (χ2n) is 4.95. The van der Waals surface area contributed by atoms with Gasteiger partial charge in [-0.1, -0.05) is 18.2 Å². The van der Waals surface area contributed by atoms with E-state index in [0.717, 1.165) is 22.2 Å². The van der Waals surface area contributed by atoms with Crippen molar-refractivity contribution >= 4 is 10.9 Å². The Morgan fingerprint density at radius 1 is 1.24 bits per heavy atom. The fourth-order valence-corrected chi connectivity index (χ4v) is 2.73. The standard InChI is InChI=1S/C16H17N3O2/c1-10-14(16(21-3)19(2)18-10)15(20)12-6-4-8-13-11(12)7-5-9-17-13/h4-9,15,20H,1-3H3. The van der Waals surface area contributed by atoms with Gasteiger partial charge in [-0.25, -0.2) is 4.68 Å². The summed E-state index contributed by atoms with van der Waals surface area (Å²) >= 11 is 0. The molecule has 0 amide bonds. The van der Waals surface area contributed by atoms with E-state index in [4.69, 9.17) is 4.74 Å². The lowest BCUT2D eigenvalue weighted by Gasteiger charge is -2.14. The number of hydrogen-bond donors (Lipinski definition) is 1. The van der Waals surface area contributed by atoms with Gasteiger partial charge in [-0.15, -0.1) is 0 Å². The van der Waals surface area contributed by atoms with E-state index in [9.17, 15) is 5.11 Å². The number of aromatic nitrogens is 3. The van der Waals surface area contributed by atoms with Crippen molar-refractivity contribution in [2.24, 2.45) is 7.05 Å². The molecule has 1 atom stereocenters. The van der Waals surface area contributed by atoms with Crippen LogP contribution in [-0.4, -0.2) is 27.0 Å². The Morgan fingerprint density at radius 2 is 2.05 bits per heavy atom. The first-order chi connectivity index (χ1) is 10.1. The number of rotatable bonds is 3. The Labute approximate surface area is 122 Å². The number of benzene rings is 1. The minimum Gasteiger partial charge on any atom is -0.481 e. The van der Waals surface area contributed by atoms with E-state index >= 15 is 0 Å². The lowest BCUT2D eigenvalue weighted by molar-refractivity contribution is 0.214. The van der Waals surface area contributed by atoms with E-state index in [2.05, 4.69) is 10.1 Å². The van der Waals surface area contributed by atoms with Gasteiger partial charge in [0.1, 0.15) is 6.10 Å². The first-order valence-corrected chi connectivity index (χ1v) is 6.72. The third kappa shape index (κ3) is 2.15. The molecule has 5 nitrogen and oxygen atoms in total. The minimum atomic E-state index is -0.804. The van der Waals surface area contributed by atoms with E-state index < -0.39 is 6.10 Å². The van der Waals surface area contributed by atoms with Crippen molar-refractivity contribution in [3.63, 3.8) is 0 Å². The van der Waals surface area contributed by atoms with Crippen LogP contribution in [0.25, 0.3) is 10.9 Å². The Kier molecular flexibility index (Phi) is 3.35. The smallest absolute Gasteiger partial charge is 0.217 e. The lowest BCUT2D eigenvalue weighted by atomic mass is 9.98. The van der Waals surface area contributed by atoms with Crippen LogP contribution in [0.3, 0.4) is 0 Å². The average molecular weight is 283 g/mol. The Balaban J connectivity index is 2.20. The summed E-state index contributed by atoms with van der Waals surface area (Å²) < 4.78 is 7.01. The van der Waals surface area contributed by atoms with Crippen LogP contribution >= 0.6 is 0 Å². The zero-order valence-corrected chi connectivity index (χ0v) is 12.2. The molecule has 0 radical (unpaired) electrons. The lowest BCUT2D eigenvalue weighted by Crippen LogP contribution is -2.04. The summed E-state index contributed by atoms with van der Waals surface area (Å²) in [4.78, 5) is 4.32. The summed E-state index contributed by atoms with van der Waals surface area (Å²) in [6.07, 6.45) is 0.940. The molecule has 1 unspecified atom stereocenters. The predicted molar refractivity (Wildman–Crippen MR) is 80.3 cm³/mol. The van der Waals surface area contributed by atoms with Crippen LogP contribution in [0.2, 0.25) is 0 Å². The van der Waals surface area contributed by atoms with E-state index in [1.165, 1.54) is 0 Å². The van der Waals surface area contributed by atoms with Gasteiger partial charge in [0, 0.05) is 18.6 Å². The van der Waals surface area contributed by atoms with E-state index in [1.54, 1.807) is 25.0 Å². The number of pyridine rings is 1. The van der Waals surface area contributed by atoms with E-state index in [0.29, 0.717) is 11.4 Å². The van der Waals surface area contributed by atoms with Crippen LogP contribution in [0, 0.1) is 6.92 Å². The van der Waals surface area contributed by atoms with Crippen molar-refractivity contribution in [1.29, 1.82) is 0 Å². The molecular formula is C16H17N3O2. The van der Waals surface area contributed by atoms with Crippen molar-refractivity contribution in [2.75, 3.05) is 7.11 Å². The summed E-state index contributed by atoms with van der Waals surface area (Å²) in [6.45, 7) is 1.87. The van der Waals surface area contributed by atoms with Gasteiger partial charge in [0.2, 0.25) is 5.88 Å². The highest BCUT2D eigenvalue weighted by atomic mass is 16.5. The maximum Gasteiger partial charge on any atom is 0.217 e. The highest BCUT2D eigenvalue weighted by Gasteiger charge is 2.24. The van der Waals surface area contributed by atoms with Gasteiger partial charge < -0.3 is 9.84 Å². The molecule has 0 saturated carbocycles.